The number of hydrogen-bond acceptors (Lipinski definition) is 5. The molecule has 1 heterocycles. The highest BCUT2D eigenvalue weighted by molar-refractivity contribution is 7.17. The van der Waals surface area contributed by atoms with Gasteiger partial charge in [-0.2, -0.15) is 0 Å². The average Bonchev–Trinajstić information content (AvgIpc) is 3.24. The summed E-state index contributed by atoms with van der Waals surface area (Å²) < 4.78 is 0. The van der Waals surface area contributed by atoms with Crippen LogP contribution in [-0.2, 0) is 0 Å². The zero-order chi connectivity index (χ0) is 22.5. The van der Waals surface area contributed by atoms with E-state index in [4.69, 9.17) is 0 Å². The van der Waals surface area contributed by atoms with Gasteiger partial charge in [-0.1, -0.05) is 78.9 Å². The number of nitrogens with one attached hydrogen (secondary N) is 2. The SMILES string of the molecule is Cc1nc(-c2ccccc2)sc1C(=O)NNC(=O)c1ccccc1C(=O)c1ccccc1. The van der Waals surface area contributed by atoms with Gasteiger partial charge in [-0.25, -0.2) is 4.98 Å². The minimum atomic E-state index is -0.580. The number of rotatable bonds is 5. The maximum Gasteiger partial charge on any atom is 0.281 e. The second-order valence-corrected chi connectivity index (χ2v) is 7.95. The van der Waals surface area contributed by atoms with Crippen molar-refractivity contribution in [2.24, 2.45) is 0 Å². The summed E-state index contributed by atoms with van der Waals surface area (Å²) in [5.41, 5.74) is 7.23. The van der Waals surface area contributed by atoms with Gasteiger partial charge in [0, 0.05) is 16.7 Å². The summed E-state index contributed by atoms with van der Waals surface area (Å²) in [4.78, 5) is 43.1. The Morgan fingerprint density at radius 1 is 0.719 bits per heavy atom. The third-order valence-corrected chi connectivity index (χ3v) is 5.97. The van der Waals surface area contributed by atoms with Crippen LogP contribution in [-0.4, -0.2) is 22.6 Å². The predicted octanol–water partition coefficient (Wildman–Crippen LogP) is 4.42. The second kappa shape index (κ2) is 9.36. The van der Waals surface area contributed by atoms with Gasteiger partial charge in [-0.3, -0.25) is 25.2 Å². The summed E-state index contributed by atoms with van der Waals surface area (Å²) in [7, 11) is 0. The van der Waals surface area contributed by atoms with Crippen molar-refractivity contribution >= 4 is 28.9 Å². The molecule has 0 atom stereocenters. The molecule has 0 saturated carbocycles. The fraction of sp³-hybridized carbons (Fsp3) is 0.0400. The number of carbonyl (C=O) groups excluding carboxylic acids is 3. The highest BCUT2D eigenvalue weighted by atomic mass is 32.1. The smallest absolute Gasteiger partial charge is 0.281 e. The van der Waals surface area contributed by atoms with Crippen LogP contribution in [0.15, 0.2) is 84.9 Å². The first kappa shape index (κ1) is 21.1. The number of aromatic nitrogens is 1. The van der Waals surface area contributed by atoms with E-state index in [1.165, 1.54) is 11.3 Å². The molecule has 32 heavy (non-hydrogen) atoms. The lowest BCUT2D eigenvalue weighted by atomic mass is 9.98. The summed E-state index contributed by atoms with van der Waals surface area (Å²) in [5, 5.41) is 0.721. The number of amides is 2. The molecule has 4 rings (SSSR count). The molecule has 0 unspecified atom stereocenters. The quantitative estimate of drug-likeness (QED) is 0.354. The zero-order valence-electron chi connectivity index (χ0n) is 17.2. The van der Waals surface area contributed by atoms with E-state index in [1.54, 1.807) is 55.5 Å². The number of aryl methyl sites for hydroxylation is 1. The van der Waals surface area contributed by atoms with Gasteiger partial charge < -0.3 is 0 Å². The molecule has 158 valence electrons. The fourth-order valence-electron chi connectivity index (χ4n) is 3.17. The van der Waals surface area contributed by atoms with Crippen LogP contribution in [0.4, 0.5) is 0 Å². The van der Waals surface area contributed by atoms with Gasteiger partial charge in [0.25, 0.3) is 11.8 Å². The van der Waals surface area contributed by atoms with Crippen molar-refractivity contribution < 1.29 is 14.4 Å². The Morgan fingerprint density at radius 3 is 1.97 bits per heavy atom. The zero-order valence-corrected chi connectivity index (χ0v) is 18.0. The molecule has 0 spiro atoms. The van der Waals surface area contributed by atoms with Crippen molar-refractivity contribution in [3.05, 3.63) is 112 Å². The molecule has 2 N–H and O–H groups in total. The van der Waals surface area contributed by atoms with Crippen molar-refractivity contribution in [3.8, 4) is 10.6 Å². The van der Waals surface area contributed by atoms with Crippen LogP contribution in [0.1, 0.15) is 41.6 Å². The van der Waals surface area contributed by atoms with Crippen LogP contribution >= 0.6 is 11.3 Å². The molecule has 7 heteroatoms. The van der Waals surface area contributed by atoms with Crippen LogP contribution in [0, 0.1) is 6.92 Å². The topological polar surface area (TPSA) is 88.2 Å². The number of hydrazine groups is 1. The molecule has 0 saturated heterocycles. The lowest BCUT2D eigenvalue weighted by Gasteiger charge is -2.10. The van der Waals surface area contributed by atoms with Gasteiger partial charge in [0.2, 0.25) is 0 Å². The molecule has 0 aliphatic rings. The molecule has 0 fully saturated rings. The van der Waals surface area contributed by atoms with Gasteiger partial charge in [-0.05, 0) is 13.0 Å². The van der Waals surface area contributed by atoms with Gasteiger partial charge >= 0.3 is 0 Å². The largest absolute Gasteiger partial charge is 0.289 e. The van der Waals surface area contributed by atoms with Gasteiger partial charge in [0.05, 0.1) is 11.3 Å². The molecular formula is C25H19N3O3S. The molecular weight excluding hydrogens is 422 g/mol. The van der Waals surface area contributed by atoms with Crippen LogP contribution in [0.2, 0.25) is 0 Å². The van der Waals surface area contributed by atoms with Crippen LogP contribution in [0.3, 0.4) is 0 Å². The predicted molar refractivity (Wildman–Crippen MR) is 124 cm³/mol. The Balaban J connectivity index is 1.49. The van der Waals surface area contributed by atoms with E-state index >= 15 is 0 Å². The first-order valence-electron chi connectivity index (χ1n) is 9.87. The van der Waals surface area contributed by atoms with Crippen molar-refractivity contribution in [2.75, 3.05) is 0 Å². The average molecular weight is 442 g/mol. The first-order valence-corrected chi connectivity index (χ1v) is 10.7. The van der Waals surface area contributed by atoms with Crippen molar-refractivity contribution in [3.63, 3.8) is 0 Å². The Kier molecular flexibility index (Phi) is 6.19. The molecule has 0 aliphatic carbocycles. The Labute approximate surface area is 188 Å². The van der Waals surface area contributed by atoms with Gasteiger partial charge in [0.1, 0.15) is 9.88 Å². The van der Waals surface area contributed by atoms with E-state index in [2.05, 4.69) is 15.8 Å². The summed E-state index contributed by atoms with van der Waals surface area (Å²) in [6, 6.07) is 24.8. The van der Waals surface area contributed by atoms with E-state index in [-0.39, 0.29) is 16.9 Å². The summed E-state index contributed by atoms with van der Waals surface area (Å²) in [6.45, 7) is 1.74. The van der Waals surface area contributed by atoms with Crippen LogP contribution < -0.4 is 10.9 Å². The van der Waals surface area contributed by atoms with Gasteiger partial charge in [0.15, 0.2) is 5.78 Å². The van der Waals surface area contributed by atoms with Crippen molar-refractivity contribution in [1.82, 2.24) is 15.8 Å². The van der Waals surface area contributed by atoms with E-state index in [9.17, 15) is 14.4 Å². The number of thiazole rings is 1. The van der Waals surface area contributed by atoms with E-state index < -0.39 is 11.8 Å². The van der Waals surface area contributed by atoms with Crippen molar-refractivity contribution in [2.45, 2.75) is 6.92 Å². The standard InChI is InChI=1S/C25H19N3O3S/c1-16-22(32-25(26-16)18-12-6-3-7-13-18)24(31)28-27-23(30)20-15-9-8-14-19(20)21(29)17-10-4-2-5-11-17/h2-15H,1H3,(H,27,30)(H,28,31). The van der Waals surface area contributed by atoms with Crippen LogP contribution in [0.5, 0.6) is 0 Å². The molecule has 0 aliphatic heterocycles. The molecule has 0 bridgehead atoms. The number of carbonyl (C=O) groups is 3. The number of ketones is 1. The monoisotopic (exact) mass is 441 g/mol. The molecule has 6 nitrogen and oxygen atoms in total. The Morgan fingerprint density at radius 2 is 1.28 bits per heavy atom. The van der Waals surface area contributed by atoms with Crippen molar-refractivity contribution in [1.29, 1.82) is 0 Å². The van der Waals surface area contributed by atoms with E-state index in [0.29, 0.717) is 16.1 Å². The van der Waals surface area contributed by atoms with Gasteiger partial charge in [-0.15, -0.1) is 11.3 Å². The molecule has 4 aromatic rings. The lowest BCUT2D eigenvalue weighted by molar-refractivity contribution is 0.0846. The van der Waals surface area contributed by atoms with Crippen LogP contribution in [0.25, 0.3) is 10.6 Å². The number of hydrogen-bond donors (Lipinski definition) is 2. The highest BCUT2D eigenvalue weighted by Crippen LogP contribution is 2.27. The third kappa shape index (κ3) is 4.48. The third-order valence-electron chi connectivity index (χ3n) is 4.77. The normalized spacial score (nSPS) is 10.4. The summed E-state index contributed by atoms with van der Waals surface area (Å²) in [6.07, 6.45) is 0. The minimum absolute atomic E-state index is 0.174. The maximum absolute atomic E-state index is 12.8. The number of nitrogens with zero attached hydrogens (tertiary/aromatic N) is 1. The molecule has 1 aromatic heterocycles. The lowest BCUT2D eigenvalue weighted by Crippen LogP contribution is -2.42. The number of benzene rings is 3. The maximum atomic E-state index is 12.8. The second-order valence-electron chi connectivity index (χ2n) is 6.95. The van der Waals surface area contributed by atoms with E-state index in [1.807, 2.05) is 36.4 Å². The Bertz CT molecular complexity index is 1280. The first-order chi connectivity index (χ1) is 15.5. The molecule has 3 aromatic carbocycles. The molecule has 0 radical (unpaired) electrons. The molecule has 2 amide bonds. The summed E-state index contributed by atoms with van der Waals surface area (Å²) >= 11 is 1.24. The highest BCUT2D eigenvalue weighted by Gasteiger charge is 2.20. The Hall–Kier alpha value is -4.10. The van der Waals surface area contributed by atoms with E-state index in [0.717, 1.165) is 10.6 Å². The minimum Gasteiger partial charge on any atom is -0.289 e. The summed E-state index contributed by atoms with van der Waals surface area (Å²) in [5.74, 6) is -1.32. The fourth-order valence-corrected chi connectivity index (χ4v) is 4.14.